The molecule has 43 heavy (non-hydrogen) atoms. The number of hydrogen-bond acceptors (Lipinski definition) is 7. The topological polar surface area (TPSA) is 108 Å². The van der Waals surface area contributed by atoms with Crippen LogP contribution in [0.25, 0.3) is 5.57 Å². The Morgan fingerprint density at radius 3 is 2.30 bits per heavy atom. The second kappa shape index (κ2) is 15.8. The molecule has 0 spiro atoms. The molecule has 0 aliphatic carbocycles. The Hall–Kier alpha value is -2.83. The Bertz CT molecular complexity index is 1380. The van der Waals surface area contributed by atoms with E-state index in [9.17, 15) is 26.7 Å². The van der Waals surface area contributed by atoms with Crippen LogP contribution in [-0.4, -0.2) is 65.5 Å². The number of anilines is 1. The van der Waals surface area contributed by atoms with Crippen molar-refractivity contribution < 1.29 is 26.7 Å². The molecule has 2 rings (SSSR count). The molecule has 1 atom stereocenters. The van der Waals surface area contributed by atoms with E-state index in [1.54, 1.807) is 6.92 Å². The van der Waals surface area contributed by atoms with E-state index in [-0.39, 0.29) is 35.8 Å². The maximum absolute atomic E-state index is 14.0. The van der Waals surface area contributed by atoms with E-state index in [0.717, 1.165) is 53.3 Å². The molecule has 0 saturated carbocycles. The number of halogens is 3. The van der Waals surface area contributed by atoms with Gasteiger partial charge >= 0.3 is 6.18 Å². The number of rotatable bonds is 12. The van der Waals surface area contributed by atoms with Crippen LogP contribution in [0.5, 0.6) is 0 Å². The molecule has 12 heteroatoms. The molecule has 1 aliphatic heterocycles. The van der Waals surface area contributed by atoms with Crippen LogP contribution in [0.1, 0.15) is 85.4 Å². The summed E-state index contributed by atoms with van der Waals surface area (Å²) in [6.45, 7) is 14.0. The van der Waals surface area contributed by atoms with Gasteiger partial charge in [0, 0.05) is 31.5 Å². The molecule has 0 radical (unpaired) electrons. The lowest BCUT2D eigenvalue weighted by Crippen LogP contribution is -2.42. The number of piperidine rings is 1. The van der Waals surface area contributed by atoms with E-state index in [0.29, 0.717) is 25.9 Å². The Kier molecular flexibility index (Phi) is 13.3. The number of aliphatic hydroxyl groups excluding tert-OH is 1. The van der Waals surface area contributed by atoms with Gasteiger partial charge in [-0.15, -0.1) is 0 Å². The minimum atomic E-state index is -4.68. The standard InChI is InChI=1S/C31H46F3N5O3S/c1-9-21(5)24(19-40)11-12-26(20(3)4)28(22(6)10-2)35-17-23(7)29-27(31(32,33)34)18-36-30(38-29)37-25-13-15-39(16-14-25)43(8,41)42/h11-12,17-18,22,25,40H,9-10,13-16,19H2,1-8H3,(H,36,37,38)/b12-11-,23-17+,24-21-,35-28?. The van der Waals surface area contributed by atoms with E-state index >= 15 is 0 Å². The Balaban J connectivity index is 2.51. The second-order valence-corrected chi connectivity index (χ2v) is 13.2. The fourth-order valence-electron chi connectivity index (χ4n) is 4.61. The number of hydrogen-bond donors (Lipinski definition) is 2. The first kappa shape index (κ1) is 36.4. The van der Waals surface area contributed by atoms with Gasteiger partial charge in [-0.25, -0.2) is 22.7 Å². The lowest BCUT2D eigenvalue weighted by atomic mass is 9.92. The SMILES string of the molecule is CC/C(C)=C(/C=C\C(C(=N/C=C(\C)c1nc(NC2CCN(S(C)(=O)=O)CC2)ncc1C(F)(F)F)C(C)CC)=C(C)C)CO. The number of alkyl halides is 3. The second-order valence-electron chi connectivity index (χ2n) is 11.2. The van der Waals surface area contributed by atoms with Crippen LogP contribution < -0.4 is 5.32 Å². The number of sulfonamides is 1. The molecule has 2 N–H and O–H groups in total. The van der Waals surface area contributed by atoms with Crippen molar-refractivity contribution in [2.24, 2.45) is 10.9 Å². The molecular weight excluding hydrogens is 579 g/mol. The lowest BCUT2D eigenvalue weighted by molar-refractivity contribution is -0.138. The summed E-state index contributed by atoms with van der Waals surface area (Å²) in [4.78, 5) is 12.9. The Morgan fingerprint density at radius 2 is 1.81 bits per heavy atom. The van der Waals surface area contributed by atoms with Crippen LogP contribution in [0.2, 0.25) is 0 Å². The van der Waals surface area contributed by atoms with Crippen molar-refractivity contribution in [2.45, 2.75) is 86.4 Å². The molecule has 0 amide bonds. The first-order valence-corrected chi connectivity index (χ1v) is 16.4. The first-order valence-electron chi connectivity index (χ1n) is 14.6. The predicted molar refractivity (Wildman–Crippen MR) is 168 cm³/mol. The summed E-state index contributed by atoms with van der Waals surface area (Å²) in [7, 11) is -3.30. The van der Waals surface area contributed by atoms with E-state index in [4.69, 9.17) is 4.99 Å². The number of allylic oxidation sites excluding steroid dienone is 5. The van der Waals surface area contributed by atoms with Gasteiger partial charge in [0.1, 0.15) is 0 Å². The number of nitrogens with zero attached hydrogens (tertiary/aromatic N) is 4. The van der Waals surface area contributed by atoms with Crippen LogP contribution in [0.15, 0.2) is 51.8 Å². The van der Waals surface area contributed by atoms with Crippen molar-refractivity contribution in [2.75, 3.05) is 31.3 Å². The highest BCUT2D eigenvalue weighted by Gasteiger charge is 2.36. The molecule has 1 aliphatic rings. The minimum Gasteiger partial charge on any atom is -0.392 e. The molecule has 0 aromatic carbocycles. The van der Waals surface area contributed by atoms with Crippen molar-refractivity contribution in [3.63, 3.8) is 0 Å². The third kappa shape index (κ3) is 10.4. The van der Waals surface area contributed by atoms with Gasteiger partial charge in [-0.05, 0) is 76.0 Å². The summed E-state index contributed by atoms with van der Waals surface area (Å²) in [5.41, 5.74) is 3.43. The van der Waals surface area contributed by atoms with Crippen molar-refractivity contribution in [1.29, 1.82) is 0 Å². The van der Waals surface area contributed by atoms with Crippen LogP contribution in [0.4, 0.5) is 19.1 Å². The summed E-state index contributed by atoms with van der Waals surface area (Å²) < 4.78 is 67.0. The van der Waals surface area contributed by atoms with E-state index in [1.807, 2.05) is 53.7 Å². The molecule has 1 fully saturated rings. The molecule has 8 nitrogen and oxygen atoms in total. The zero-order chi connectivity index (χ0) is 32.5. The number of aromatic nitrogens is 2. The predicted octanol–water partition coefficient (Wildman–Crippen LogP) is 6.79. The summed E-state index contributed by atoms with van der Waals surface area (Å²) in [6.07, 6.45) is 4.99. The summed E-state index contributed by atoms with van der Waals surface area (Å²) in [5, 5.41) is 12.9. The number of aliphatic imine (C=N–C) groups is 1. The Morgan fingerprint density at radius 1 is 1.19 bits per heavy atom. The average Bonchev–Trinajstić information content (AvgIpc) is 2.94. The largest absolute Gasteiger partial charge is 0.419 e. The lowest BCUT2D eigenvalue weighted by Gasteiger charge is -2.30. The maximum atomic E-state index is 14.0. The first-order chi connectivity index (χ1) is 20.0. The van der Waals surface area contributed by atoms with Crippen LogP contribution >= 0.6 is 0 Å². The molecular formula is C31H46F3N5O3S. The van der Waals surface area contributed by atoms with Gasteiger partial charge in [-0.1, -0.05) is 44.1 Å². The minimum absolute atomic E-state index is 0.00921. The van der Waals surface area contributed by atoms with Gasteiger partial charge in [-0.2, -0.15) is 13.2 Å². The zero-order valence-corrected chi connectivity index (χ0v) is 27.3. The summed E-state index contributed by atoms with van der Waals surface area (Å²) in [5.74, 6) is 0.0529. The average molecular weight is 626 g/mol. The monoisotopic (exact) mass is 625 g/mol. The molecule has 0 bridgehead atoms. The van der Waals surface area contributed by atoms with E-state index in [2.05, 4.69) is 15.3 Å². The van der Waals surface area contributed by atoms with Gasteiger partial charge < -0.3 is 10.4 Å². The number of aliphatic hydroxyl groups is 1. The maximum Gasteiger partial charge on any atom is 0.419 e. The molecule has 2 heterocycles. The molecule has 1 saturated heterocycles. The molecule has 240 valence electrons. The quantitative estimate of drug-likeness (QED) is 0.196. The van der Waals surface area contributed by atoms with Crippen molar-refractivity contribution in [3.05, 3.63) is 58.1 Å². The van der Waals surface area contributed by atoms with Gasteiger partial charge in [0.2, 0.25) is 16.0 Å². The van der Waals surface area contributed by atoms with Gasteiger partial charge in [0.15, 0.2) is 0 Å². The van der Waals surface area contributed by atoms with Crippen LogP contribution in [0.3, 0.4) is 0 Å². The van der Waals surface area contributed by atoms with Crippen molar-refractivity contribution in [1.82, 2.24) is 14.3 Å². The third-order valence-corrected chi connectivity index (χ3v) is 9.02. The van der Waals surface area contributed by atoms with Crippen LogP contribution in [-0.2, 0) is 16.2 Å². The smallest absolute Gasteiger partial charge is 0.392 e. The fraction of sp³-hybridized carbons (Fsp3) is 0.581. The van der Waals surface area contributed by atoms with Crippen molar-refractivity contribution >= 4 is 27.3 Å². The molecule has 1 unspecified atom stereocenters. The highest BCUT2D eigenvalue weighted by molar-refractivity contribution is 7.88. The Labute approximate surface area is 254 Å². The highest BCUT2D eigenvalue weighted by Crippen LogP contribution is 2.34. The van der Waals surface area contributed by atoms with Crippen molar-refractivity contribution in [3.8, 4) is 0 Å². The van der Waals surface area contributed by atoms with E-state index < -0.39 is 21.8 Å². The van der Waals surface area contributed by atoms with Gasteiger partial charge in [-0.3, -0.25) is 4.99 Å². The van der Waals surface area contributed by atoms with Gasteiger partial charge in [0.05, 0.1) is 29.8 Å². The molecule has 1 aromatic rings. The summed E-state index contributed by atoms with van der Waals surface area (Å²) >= 11 is 0. The fourth-order valence-corrected chi connectivity index (χ4v) is 5.48. The van der Waals surface area contributed by atoms with Crippen LogP contribution in [0, 0.1) is 5.92 Å². The highest BCUT2D eigenvalue weighted by atomic mass is 32.2. The van der Waals surface area contributed by atoms with Gasteiger partial charge in [0.25, 0.3) is 0 Å². The summed E-state index contributed by atoms with van der Waals surface area (Å²) in [6, 6.07) is -0.178. The zero-order valence-electron chi connectivity index (χ0n) is 26.5. The number of nitrogens with one attached hydrogen (secondary N) is 1. The molecule has 1 aromatic heterocycles. The normalized spacial score (nSPS) is 17.7. The van der Waals surface area contributed by atoms with E-state index in [1.165, 1.54) is 10.5 Å². The third-order valence-electron chi connectivity index (χ3n) is 7.71.